The Morgan fingerprint density at radius 3 is 2.61 bits per heavy atom. The maximum absolute atomic E-state index is 13.6. The smallest absolute Gasteiger partial charge is 0.245 e. The van der Waals surface area contributed by atoms with Gasteiger partial charge >= 0.3 is 0 Å². The number of hydrogen-bond acceptors (Lipinski definition) is 6. The van der Waals surface area contributed by atoms with Crippen molar-refractivity contribution in [3.05, 3.63) is 34.6 Å². The predicted molar refractivity (Wildman–Crippen MR) is 118 cm³/mol. The normalized spacial score (nSPS) is 30.4. The third-order valence-electron chi connectivity index (χ3n) is 7.96. The van der Waals surface area contributed by atoms with Gasteiger partial charge in [0.1, 0.15) is 11.8 Å². The van der Waals surface area contributed by atoms with Crippen LogP contribution in [0.15, 0.2) is 33.3 Å². The van der Waals surface area contributed by atoms with Crippen LogP contribution in [-0.4, -0.2) is 40.9 Å². The summed E-state index contributed by atoms with van der Waals surface area (Å²) >= 11 is 3.41. The van der Waals surface area contributed by atoms with Crippen molar-refractivity contribution in [1.29, 1.82) is 0 Å². The molecule has 2 aromatic rings. The maximum Gasteiger partial charge on any atom is 0.245 e. The van der Waals surface area contributed by atoms with Crippen molar-refractivity contribution < 1.29 is 17.7 Å². The van der Waals surface area contributed by atoms with Gasteiger partial charge in [-0.3, -0.25) is 4.79 Å². The summed E-state index contributed by atoms with van der Waals surface area (Å²) in [5.74, 6) is 1.04. The number of aromatic nitrogens is 2. The van der Waals surface area contributed by atoms with Gasteiger partial charge in [0.15, 0.2) is 0 Å². The van der Waals surface area contributed by atoms with Crippen LogP contribution >= 0.6 is 15.9 Å². The Kier molecular flexibility index (Phi) is 4.95. The number of halogens is 1. The minimum Gasteiger partial charge on any atom is -0.337 e. The van der Waals surface area contributed by atoms with E-state index < -0.39 is 21.5 Å². The molecule has 9 heteroatoms. The molecule has 3 unspecified atom stereocenters. The van der Waals surface area contributed by atoms with Crippen molar-refractivity contribution in [2.24, 2.45) is 16.7 Å². The highest BCUT2D eigenvalue weighted by atomic mass is 79.9. The molecule has 0 N–H and O–H groups in total. The third-order valence-corrected chi connectivity index (χ3v) is 10.5. The summed E-state index contributed by atoms with van der Waals surface area (Å²) in [5.41, 5.74) is -0.257. The van der Waals surface area contributed by atoms with Gasteiger partial charge < -0.3 is 4.52 Å². The molecule has 166 valence electrons. The largest absolute Gasteiger partial charge is 0.337 e. The van der Waals surface area contributed by atoms with Crippen LogP contribution < -0.4 is 0 Å². The van der Waals surface area contributed by atoms with Gasteiger partial charge in [0.2, 0.25) is 21.7 Å². The molecule has 1 aliphatic heterocycles. The average molecular weight is 508 g/mol. The summed E-state index contributed by atoms with van der Waals surface area (Å²) in [4.78, 5) is 17.4. The zero-order valence-electron chi connectivity index (χ0n) is 17.7. The van der Waals surface area contributed by atoms with E-state index in [4.69, 9.17) is 4.52 Å². The van der Waals surface area contributed by atoms with Crippen LogP contribution in [0.4, 0.5) is 0 Å². The molecule has 0 radical (unpaired) electrons. The van der Waals surface area contributed by atoms with Gasteiger partial charge in [-0.05, 0) is 61.3 Å². The lowest BCUT2D eigenvalue weighted by molar-refractivity contribution is -0.128. The van der Waals surface area contributed by atoms with Gasteiger partial charge in [0.25, 0.3) is 0 Å². The van der Waals surface area contributed by atoms with E-state index in [1.165, 1.54) is 4.31 Å². The van der Waals surface area contributed by atoms with Gasteiger partial charge in [0, 0.05) is 28.4 Å². The van der Waals surface area contributed by atoms with Crippen LogP contribution in [0, 0.1) is 16.7 Å². The average Bonchev–Trinajstić information content (AvgIpc) is 3.45. The van der Waals surface area contributed by atoms with Crippen LogP contribution in [0.5, 0.6) is 0 Å². The second kappa shape index (κ2) is 7.22. The Morgan fingerprint density at radius 1 is 1.23 bits per heavy atom. The molecular weight excluding hydrogens is 482 g/mol. The monoisotopic (exact) mass is 507 g/mol. The van der Waals surface area contributed by atoms with Crippen LogP contribution in [-0.2, 0) is 14.8 Å². The number of fused-ring (bicyclic) bond motifs is 2. The minimum absolute atomic E-state index is 0.114. The van der Waals surface area contributed by atoms with Crippen molar-refractivity contribution in [2.45, 2.75) is 52.0 Å². The van der Waals surface area contributed by atoms with E-state index in [1.54, 1.807) is 0 Å². The zero-order valence-corrected chi connectivity index (χ0v) is 20.1. The van der Waals surface area contributed by atoms with E-state index in [1.807, 2.05) is 24.3 Å². The van der Waals surface area contributed by atoms with E-state index in [9.17, 15) is 13.2 Å². The summed E-state index contributed by atoms with van der Waals surface area (Å²) < 4.78 is 35.1. The number of sulfonamides is 1. The minimum atomic E-state index is -3.67. The summed E-state index contributed by atoms with van der Waals surface area (Å²) in [6.07, 6.45) is 3.46. The molecule has 3 atom stereocenters. The van der Waals surface area contributed by atoms with Gasteiger partial charge in [-0.25, -0.2) is 8.42 Å². The lowest BCUT2D eigenvalue weighted by Gasteiger charge is -2.37. The quantitative estimate of drug-likeness (QED) is 0.596. The summed E-state index contributed by atoms with van der Waals surface area (Å²) in [7, 11) is -3.67. The Hall–Kier alpha value is -1.58. The number of Topliss-reactive ketones (excluding diaryl/α,β-unsaturated/α-hetero) is 1. The molecule has 5 rings (SSSR count). The molecule has 0 spiro atoms. The predicted octanol–water partition coefficient (Wildman–Crippen LogP) is 4.36. The molecule has 2 bridgehead atoms. The van der Waals surface area contributed by atoms with Crippen molar-refractivity contribution in [2.75, 3.05) is 12.3 Å². The first-order valence-electron chi connectivity index (χ1n) is 10.8. The maximum atomic E-state index is 13.6. The second-order valence-corrected chi connectivity index (χ2v) is 12.5. The van der Waals surface area contributed by atoms with E-state index in [0.29, 0.717) is 37.5 Å². The van der Waals surface area contributed by atoms with Crippen molar-refractivity contribution in [1.82, 2.24) is 14.4 Å². The molecule has 1 aromatic carbocycles. The fraction of sp³-hybridized carbons (Fsp3) is 0.591. The fourth-order valence-electron chi connectivity index (χ4n) is 5.91. The molecule has 2 saturated carbocycles. The summed E-state index contributed by atoms with van der Waals surface area (Å²) in [5, 5.41) is 4.08. The summed E-state index contributed by atoms with van der Waals surface area (Å²) in [6.45, 7) is 4.54. The second-order valence-electron chi connectivity index (χ2n) is 9.65. The topological polar surface area (TPSA) is 93.4 Å². The number of ketones is 1. The molecule has 7 nitrogen and oxygen atoms in total. The number of benzene rings is 1. The van der Waals surface area contributed by atoms with E-state index >= 15 is 0 Å². The standard InChI is InChI=1S/C22H26BrN3O4S/c1-21(2)15-9-10-22(21,18(27)12-15)13-31(28,29)26-11-3-4-17(26)20-24-19(25-30-20)14-5-7-16(23)8-6-14/h5-8,15,17H,3-4,9-13H2,1-2H3. The number of hydrogen-bond donors (Lipinski definition) is 0. The van der Waals surface area contributed by atoms with Gasteiger partial charge in [-0.15, -0.1) is 0 Å². The lowest BCUT2D eigenvalue weighted by atomic mass is 9.70. The van der Waals surface area contributed by atoms with Crippen LogP contribution in [0.3, 0.4) is 0 Å². The van der Waals surface area contributed by atoms with E-state index in [0.717, 1.165) is 22.9 Å². The molecule has 3 fully saturated rings. The molecule has 0 amide bonds. The molecule has 31 heavy (non-hydrogen) atoms. The van der Waals surface area contributed by atoms with Gasteiger partial charge in [0.05, 0.1) is 5.75 Å². The third kappa shape index (κ3) is 3.23. The Morgan fingerprint density at radius 2 is 1.97 bits per heavy atom. The lowest BCUT2D eigenvalue weighted by Crippen LogP contribution is -2.46. The molecule has 1 aromatic heterocycles. The number of carbonyl (C=O) groups is 1. The highest BCUT2D eigenvalue weighted by Crippen LogP contribution is 2.64. The SMILES string of the molecule is CC1(C)C2CCC1(CS(=O)(=O)N1CCCC1c1nc(-c3ccc(Br)cc3)no1)C(=O)C2. The first kappa shape index (κ1) is 21.3. The summed E-state index contributed by atoms with van der Waals surface area (Å²) in [6, 6.07) is 7.07. The fourth-order valence-corrected chi connectivity index (χ4v) is 8.63. The van der Waals surface area contributed by atoms with E-state index in [2.05, 4.69) is 39.9 Å². The Labute approximate surface area is 190 Å². The Bertz CT molecular complexity index is 1130. The molecular formula is C22H26BrN3O4S. The molecule has 2 heterocycles. The molecule has 3 aliphatic rings. The first-order chi connectivity index (χ1) is 14.6. The van der Waals surface area contributed by atoms with Gasteiger partial charge in [-0.1, -0.05) is 34.9 Å². The number of nitrogens with zero attached hydrogens (tertiary/aromatic N) is 3. The van der Waals surface area contributed by atoms with Gasteiger partial charge in [-0.2, -0.15) is 9.29 Å². The zero-order chi connectivity index (χ0) is 22.0. The Balaban J connectivity index is 1.42. The number of carbonyl (C=O) groups excluding carboxylic acids is 1. The molecule has 2 aliphatic carbocycles. The van der Waals surface area contributed by atoms with Crippen molar-refractivity contribution in [3.63, 3.8) is 0 Å². The van der Waals surface area contributed by atoms with E-state index in [-0.39, 0.29) is 22.9 Å². The first-order valence-corrected chi connectivity index (χ1v) is 13.2. The van der Waals surface area contributed by atoms with Crippen molar-refractivity contribution >= 4 is 31.7 Å². The highest BCUT2D eigenvalue weighted by molar-refractivity contribution is 9.10. The van der Waals surface area contributed by atoms with Crippen LogP contribution in [0.1, 0.15) is 57.9 Å². The van der Waals surface area contributed by atoms with Crippen LogP contribution in [0.25, 0.3) is 11.4 Å². The highest BCUT2D eigenvalue weighted by Gasteiger charge is 2.66. The molecule has 1 saturated heterocycles. The van der Waals surface area contributed by atoms with Crippen molar-refractivity contribution in [3.8, 4) is 11.4 Å². The van der Waals surface area contributed by atoms with Crippen LogP contribution in [0.2, 0.25) is 0 Å². The number of rotatable bonds is 5.